The summed E-state index contributed by atoms with van der Waals surface area (Å²) in [7, 11) is 1.42. The standard InChI is InChI=1S/C15H28N2O3/c1-10(2)17-8-11(13(18)20-6)7-12(9-17)16-14(19)15(3,4)5/h10-12H,7-9H2,1-6H3,(H,16,19). The Kier molecular flexibility index (Phi) is 5.57. The van der Waals surface area contributed by atoms with Gasteiger partial charge < -0.3 is 10.1 Å². The number of esters is 1. The van der Waals surface area contributed by atoms with Gasteiger partial charge >= 0.3 is 5.97 Å². The molecule has 0 spiro atoms. The molecule has 1 fully saturated rings. The third kappa shape index (κ3) is 4.47. The molecule has 116 valence electrons. The maximum atomic E-state index is 12.1. The normalized spacial score (nSPS) is 24.6. The highest BCUT2D eigenvalue weighted by Gasteiger charge is 2.35. The monoisotopic (exact) mass is 284 g/mol. The zero-order valence-corrected chi connectivity index (χ0v) is 13.5. The van der Waals surface area contributed by atoms with Crippen molar-refractivity contribution in [2.24, 2.45) is 11.3 Å². The highest BCUT2D eigenvalue weighted by atomic mass is 16.5. The van der Waals surface area contributed by atoms with Gasteiger partial charge in [-0.15, -0.1) is 0 Å². The summed E-state index contributed by atoms with van der Waals surface area (Å²) in [5.41, 5.74) is -0.416. The number of hydrogen-bond donors (Lipinski definition) is 1. The van der Waals surface area contributed by atoms with E-state index in [1.54, 1.807) is 0 Å². The van der Waals surface area contributed by atoms with Gasteiger partial charge in [-0.1, -0.05) is 20.8 Å². The molecule has 20 heavy (non-hydrogen) atoms. The van der Waals surface area contributed by atoms with Crippen molar-refractivity contribution in [2.75, 3.05) is 20.2 Å². The molecule has 1 aliphatic heterocycles. The zero-order valence-electron chi connectivity index (χ0n) is 13.5. The minimum atomic E-state index is -0.416. The van der Waals surface area contributed by atoms with E-state index in [1.165, 1.54) is 7.11 Å². The fourth-order valence-corrected chi connectivity index (χ4v) is 2.40. The summed E-state index contributed by atoms with van der Waals surface area (Å²) in [6.07, 6.45) is 0.651. The number of amides is 1. The maximum Gasteiger partial charge on any atom is 0.310 e. The van der Waals surface area contributed by atoms with Gasteiger partial charge in [0.15, 0.2) is 0 Å². The van der Waals surface area contributed by atoms with Crippen molar-refractivity contribution in [1.29, 1.82) is 0 Å². The molecule has 1 amide bonds. The van der Waals surface area contributed by atoms with Crippen LogP contribution in [0.1, 0.15) is 41.0 Å². The molecule has 0 radical (unpaired) electrons. The van der Waals surface area contributed by atoms with Crippen molar-refractivity contribution in [3.8, 4) is 0 Å². The topological polar surface area (TPSA) is 58.6 Å². The number of hydrogen-bond acceptors (Lipinski definition) is 4. The largest absolute Gasteiger partial charge is 0.469 e. The zero-order chi connectivity index (χ0) is 15.5. The molecule has 0 bridgehead atoms. The fourth-order valence-electron chi connectivity index (χ4n) is 2.40. The second kappa shape index (κ2) is 6.57. The first-order valence-electron chi connectivity index (χ1n) is 7.28. The van der Waals surface area contributed by atoms with Crippen LogP contribution in [0.2, 0.25) is 0 Å². The van der Waals surface area contributed by atoms with Crippen LogP contribution in [0.15, 0.2) is 0 Å². The molecule has 1 heterocycles. The number of carbonyl (C=O) groups is 2. The SMILES string of the molecule is COC(=O)C1CC(NC(=O)C(C)(C)C)CN(C(C)C)C1. The van der Waals surface area contributed by atoms with E-state index in [9.17, 15) is 9.59 Å². The van der Waals surface area contributed by atoms with Crippen LogP contribution in [0.25, 0.3) is 0 Å². The van der Waals surface area contributed by atoms with Gasteiger partial charge in [-0.25, -0.2) is 0 Å². The molecule has 1 saturated heterocycles. The molecule has 0 saturated carbocycles. The Bertz CT molecular complexity index is 361. The quantitative estimate of drug-likeness (QED) is 0.796. The van der Waals surface area contributed by atoms with Gasteiger partial charge in [0.1, 0.15) is 0 Å². The maximum absolute atomic E-state index is 12.1. The number of likely N-dealkylation sites (tertiary alicyclic amines) is 1. The molecule has 5 nitrogen and oxygen atoms in total. The summed E-state index contributed by atoms with van der Waals surface area (Å²) < 4.78 is 4.86. The van der Waals surface area contributed by atoms with Crippen molar-refractivity contribution < 1.29 is 14.3 Å². The van der Waals surface area contributed by atoms with Crippen molar-refractivity contribution >= 4 is 11.9 Å². The van der Waals surface area contributed by atoms with Crippen LogP contribution >= 0.6 is 0 Å². The van der Waals surface area contributed by atoms with Crippen LogP contribution in [0.3, 0.4) is 0 Å². The third-order valence-corrected chi connectivity index (χ3v) is 3.76. The number of ether oxygens (including phenoxy) is 1. The van der Waals surface area contributed by atoms with Gasteiger partial charge in [0.2, 0.25) is 5.91 Å². The van der Waals surface area contributed by atoms with Crippen LogP contribution < -0.4 is 5.32 Å². The first-order chi connectivity index (χ1) is 9.15. The Hall–Kier alpha value is -1.10. The average Bonchev–Trinajstić information content (AvgIpc) is 2.36. The summed E-state index contributed by atoms with van der Waals surface area (Å²) in [5.74, 6) is -0.330. The van der Waals surface area contributed by atoms with Gasteiger partial charge in [-0.05, 0) is 20.3 Å². The molecule has 1 N–H and O–H groups in total. The molecular formula is C15H28N2O3. The number of rotatable bonds is 3. The van der Waals surface area contributed by atoms with Crippen LogP contribution in [0.4, 0.5) is 0 Å². The molecule has 0 aromatic rings. The average molecular weight is 284 g/mol. The second-order valence-corrected chi connectivity index (χ2v) is 6.92. The number of methoxy groups -OCH3 is 1. The summed E-state index contributed by atoms with van der Waals surface area (Å²) in [6, 6.07) is 0.346. The van der Waals surface area contributed by atoms with Crippen molar-refractivity contribution in [3.05, 3.63) is 0 Å². The van der Waals surface area contributed by atoms with Crippen molar-refractivity contribution in [3.63, 3.8) is 0 Å². The molecular weight excluding hydrogens is 256 g/mol. The Balaban J connectivity index is 2.75. The lowest BCUT2D eigenvalue weighted by atomic mass is 9.90. The Morgan fingerprint density at radius 3 is 2.30 bits per heavy atom. The fraction of sp³-hybridized carbons (Fsp3) is 0.867. The van der Waals surface area contributed by atoms with E-state index in [4.69, 9.17) is 4.74 Å². The lowest BCUT2D eigenvalue weighted by molar-refractivity contribution is -0.148. The highest BCUT2D eigenvalue weighted by molar-refractivity contribution is 5.81. The summed E-state index contributed by atoms with van der Waals surface area (Å²) in [6.45, 7) is 11.4. The van der Waals surface area contributed by atoms with Gasteiger partial charge in [0, 0.05) is 30.6 Å². The Morgan fingerprint density at radius 2 is 1.85 bits per heavy atom. The summed E-state index contributed by atoms with van der Waals surface area (Å²) in [5, 5.41) is 3.06. The van der Waals surface area contributed by atoms with Crippen LogP contribution in [-0.2, 0) is 14.3 Å². The van der Waals surface area contributed by atoms with Gasteiger partial charge in [-0.2, -0.15) is 0 Å². The van der Waals surface area contributed by atoms with Crippen LogP contribution in [0, 0.1) is 11.3 Å². The number of nitrogens with one attached hydrogen (secondary N) is 1. The lowest BCUT2D eigenvalue weighted by Crippen LogP contribution is -2.55. The van der Waals surface area contributed by atoms with Crippen molar-refractivity contribution in [2.45, 2.75) is 53.1 Å². The van der Waals surface area contributed by atoms with E-state index in [-0.39, 0.29) is 23.8 Å². The van der Waals surface area contributed by atoms with Crippen LogP contribution in [0.5, 0.6) is 0 Å². The molecule has 2 unspecified atom stereocenters. The molecule has 2 atom stereocenters. The number of carbonyl (C=O) groups excluding carboxylic acids is 2. The van der Waals surface area contributed by atoms with E-state index < -0.39 is 5.41 Å². The summed E-state index contributed by atoms with van der Waals surface area (Å²) >= 11 is 0. The van der Waals surface area contributed by atoms with Gasteiger partial charge in [0.25, 0.3) is 0 Å². The minimum Gasteiger partial charge on any atom is -0.469 e. The predicted octanol–water partition coefficient (Wildman–Crippen LogP) is 1.42. The Labute approximate surface area is 122 Å². The molecule has 0 aromatic heterocycles. The lowest BCUT2D eigenvalue weighted by Gasteiger charge is -2.39. The van der Waals surface area contributed by atoms with Crippen molar-refractivity contribution in [1.82, 2.24) is 10.2 Å². The van der Waals surface area contributed by atoms with E-state index in [2.05, 4.69) is 24.1 Å². The van der Waals surface area contributed by atoms with E-state index in [0.717, 1.165) is 6.54 Å². The smallest absolute Gasteiger partial charge is 0.310 e. The van der Waals surface area contributed by atoms with E-state index in [1.807, 2.05) is 20.8 Å². The molecule has 5 heteroatoms. The molecule has 0 aliphatic carbocycles. The van der Waals surface area contributed by atoms with Gasteiger partial charge in [-0.3, -0.25) is 14.5 Å². The number of nitrogens with zero attached hydrogens (tertiary/aromatic N) is 1. The second-order valence-electron chi connectivity index (χ2n) is 6.92. The highest BCUT2D eigenvalue weighted by Crippen LogP contribution is 2.22. The first-order valence-corrected chi connectivity index (χ1v) is 7.28. The van der Waals surface area contributed by atoms with E-state index >= 15 is 0 Å². The molecule has 1 aliphatic rings. The minimum absolute atomic E-state index is 0.00183. The molecule has 0 aromatic carbocycles. The predicted molar refractivity (Wildman–Crippen MR) is 78.2 cm³/mol. The van der Waals surface area contributed by atoms with Crippen LogP contribution in [-0.4, -0.2) is 49.1 Å². The van der Waals surface area contributed by atoms with Gasteiger partial charge in [0.05, 0.1) is 13.0 Å². The molecule has 1 rings (SSSR count). The number of piperidine rings is 1. The first kappa shape index (κ1) is 17.0. The summed E-state index contributed by atoms with van der Waals surface area (Å²) in [4.78, 5) is 26.1. The third-order valence-electron chi connectivity index (χ3n) is 3.76. The Morgan fingerprint density at radius 1 is 1.25 bits per heavy atom. The van der Waals surface area contributed by atoms with E-state index in [0.29, 0.717) is 19.0 Å².